The molecule has 0 radical (unpaired) electrons. The summed E-state index contributed by atoms with van der Waals surface area (Å²) in [7, 11) is 1.58. The molecule has 0 heterocycles. The predicted octanol–water partition coefficient (Wildman–Crippen LogP) is 4.07. The van der Waals surface area contributed by atoms with Crippen molar-refractivity contribution in [2.24, 2.45) is 0 Å². The molecule has 0 saturated carbocycles. The standard InChI is InChI=1S/C16H15ClN2O/c1-20-16-8-7-14(9-15(16)17)19-11-13(10-18)12-5-3-2-4-6-12/h2-9,13,19H,11H2,1H3. The average molecular weight is 287 g/mol. The van der Waals surface area contributed by atoms with Crippen molar-refractivity contribution in [1.29, 1.82) is 5.26 Å². The quantitative estimate of drug-likeness (QED) is 0.901. The third kappa shape index (κ3) is 3.43. The van der Waals surface area contributed by atoms with Gasteiger partial charge in [-0.05, 0) is 23.8 Å². The maximum Gasteiger partial charge on any atom is 0.137 e. The van der Waals surface area contributed by atoms with Gasteiger partial charge in [-0.15, -0.1) is 0 Å². The van der Waals surface area contributed by atoms with Gasteiger partial charge in [0.1, 0.15) is 5.75 Å². The summed E-state index contributed by atoms with van der Waals surface area (Å²) in [6, 6.07) is 17.5. The molecule has 0 aliphatic heterocycles. The minimum atomic E-state index is -0.197. The molecular formula is C16H15ClN2O. The maximum atomic E-state index is 9.26. The lowest BCUT2D eigenvalue weighted by atomic mass is 10.0. The number of ether oxygens (including phenoxy) is 1. The molecule has 1 N–H and O–H groups in total. The molecule has 20 heavy (non-hydrogen) atoms. The van der Waals surface area contributed by atoms with Crippen LogP contribution >= 0.6 is 11.6 Å². The zero-order valence-electron chi connectivity index (χ0n) is 11.1. The number of nitriles is 1. The van der Waals surface area contributed by atoms with E-state index in [0.29, 0.717) is 17.3 Å². The van der Waals surface area contributed by atoms with E-state index in [9.17, 15) is 5.26 Å². The van der Waals surface area contributed by atoms with Crippen LogP contribution < -0.4 is 10.1 Å². The normalized spacial score (nSPS) is 11.4. The largest absolute Gasteiger partial charge is 0.495 e. The van der Waals surface area contributed by atoms with Crippen LogP contribution in [0.3, 0.4) is 0 Å². The Morgan fingerprint density at radius 1 is 1.25 bits per heavy atom. The van der Waals surface area contributed by atoms with Crippen LogP contribution in [-0.2, 0) is 0 Å². The second kappa shape index (κ2) is 6.83. The van der Waals surface area contributed by atoms with Crippen molar-refractivity contribution in [2.45, 2.75) is 5.92 Å². The van der Waals surface area contributed by atoms with E-state index in [-0.39, 0.29) is 5.92 Å². The van der Waals surface area contributed by atoms with Gasteiger partial charge in [-0.2, -0.15) is 5.26 Å². The summed E-state index contributed by atoms with van der Waals surface area (Å²) in [4.78, 5) is 0. The molecule has 1 unspecified atom stereocenters. The molecule has 0 aromatic heterocycles. The Kier molecular flexibility index (Phi) is 4.86. The minimum Gasteiger partial charge on any atom is -0.495 e. The molecule has 102 valence electrons. The number of halogens is 1. The number of benzene rings is 2. The Bertz CT molecular complexity index is 608. The smallest absolute Gasteiger partial charge is 0.137 e. The number of rotatable bonds is 5. The summed E-state index contributed by atoms with van der Waals surface area (Å²) < 4.78 is 5.10. The van der Waals surface area contributed by atoms with E-state index in [0.717, 1.165) is 11.3 Å². The van der Waals surface area contributed by atoms with Crippen LogP contribution in [0.15, 0.2) is 48.5 Å². The van der Waals surface area contributed by atoms with Gasteiger partial charge in [-0.1, -0.05) is 41.9 Å². The number of nitrogens with one attached hydrogen (secondary N) is 1. The van der Waals surface area contributed by atoms with Gasteiger partial charge in [0.2, 0.25) is 0 Å². The van der Waals surface area contributed by atoms with Crippen LogP contribution in [0.25, 0.3) is 0 Å². The third-order valence-corrected chi connectivity index (χ3v) is 3.32. The van der Waals surface area contributed by atoms with Crippen molar-refractivity contribution in [3.05, 3.63) is 59.1 Å². The van der Waals surface area contributed by atoms with Crippen LogP contribution in [0.2, 0.25) is 5.02 Å². The fourth-order valence-corrected chi connectivity index (χ4v) is 2.18. The first-order chi connectivity index (χ1) is 9.74. The Balaban J connectivity index is 2.04. The highest BCUT2D eigenvalue weighted by Crippen LogP contribution is 2.27. The Labute approximate surface area is 123 Å². The molecule has 0 saturated heterocycles. The highest BCUT2D eigenvalue weighted by molar-refractivity contribution is 6.32. The Morgan fingerprint density at radius 3 is 2.60 bits per heavy atom. The second-order valence-electron chi connectivity index (χ2n) is 4.32. The number of methoxy groups -OCH3 is 1. The van der Waals surface area contributed by atoms with Gasteiger partial charge < -0.3 is 10.1 Å². The van der Waals surface area contributed by atoms with Crippen LogP contribution in [0.4, 0.5) is 5.69 Å². The van der Waals surface area contributed by atoms with E-state index < -0.39 is 0 Å². The molecule has 3 nitrogen and oxygen atoms in total. The zero-order valence-corrected chi connectivity index (χ0v) is 11.9. The summed E-state index contributed by atoms with van der Waals surface area (Å²) >= 11 is 6.07. The molecule has 0 aliphatic carbocycles. The molecule has 2 aromatic carbocycles. The first kappa shape index (κ1) is 14.2. The van der Waals surface area contributed by atoms with E-state index in [1.54, 1.807) is 19.2 Å². The topological polar surface area (TPSA) is 45.0 Å². The summed E-state index contributed by atoms with van der Waals surface area (Å²) in [5, 5.41) is 13.0. The highest BCUT2D eigenvalue weighted by atomic mass is 35.5. The van der Waals surface area contributed by atoms with E-state index in [4.69, 9.17) is 16.3 Å². The van der Waals surface area contributed by atoms with Crippen molar-refractivity contribution >= 4 is 17.3 Å². The number of hydrogen-bond donors (Lipinski definition) is 1. The van der Waals surface area contributed by atoms with Crippen LogP contribution in [0, 0.1) is 11.3 Å². The van der Waals surface area contributed by atoms with E-state index in [2.05, 4.69) is 11.4 Å². The molecule has 0 fully saturated rings. The monoisotopic (exact) mass is 286 g/mol. The lowest BCUT2D eigenvalue weighted by Gasteiger charge is -2.13. The second-order valence-corrected chi connectivity index (χ2v) is 4.73. The van der Waals surface area contributed by atoms with Crippen LogP contribution in [0.1, 0.15) is 11.5 Å². The van der Waals surface area contributed by atoms with Gasteiger partial charge in [0, 0.05) is 12.2 Å². The fraction of sp³-hybridized carbons (Fsp3) is 0.188. The lowest BCUT2D eigenvalue weighted by Crippen LogP contribution is -2.11. The molecule has 1 atom stereocenters. The molecule has 2 rings (SSSR count). The number of hydrogen-bond acceptors (Lipinski definition) is 3. The number of anilines is 1. The number of nitrogens with zero attached hydrogens (tertiary/aromatic N) is 1. The Hall–Kier alpha value is -2.18. The molecule has 4 heteroatoms. The fourth-order valence-electron chi connectivity index (χ4n) is 1.92. The molecule has 0 aliphatic rings. The van der Waals surface area contributed by atoms with Gasteiger partial charge in [0.25, 0.3) is 0 Å². The maximum absolute atomic E-state index is 9.26. The van der Waals surface area contributed by atoms with Crippen molar-refractivity contribution in [1.82, 2.24) is 0 Å². The summed E-state index contributed by atoms with van der Waals surface area (Å²) in [5.74, 6) is 0.439. The van der Waals surface area contributed by atoms with Gasteiger partial charge >= 0.3 is 0 Å². The zero-order chi connectivity index (χ0) is 14.4. The molecule has 2 aromatic rings. The average Bonchev–Trinajstić information content (AvgIpc) is 2.49. The van der Waals surface area contributed by atoms with Crippen molar-refractivity contribution in [3.63, 3.8) is 0 Å². The van der Waals surface area contributed by atoms with Gasteiger partial charge in [-0.25, -0.2) is 0 Å². The van der Waals surface area contributed by atoms with Crippen molar-refractivity contribution < 1.29 is 4.74 Å². The molecule has 0 amide bonds. The van der Waals surface area contributed by atoms with Gasteiger partial charge in [0.05, 0.1) is 24.1 Å². The molecular weight excluding hydrogens is 272 g/mol. The predicted molar refractivity (Wildman–Crippen MR) is 81.3 cm³/mol. The van der Waals surface area contributed by atoms with E-state index >= 15 is 0 Å². The van der Waals surface area contributed by atoms with Crippen LogP contribution in [0.5, 0.6) is 5.75 Å². The van der Waals surface area contributed by atoms with Crippen LogP contribution in [-0.4, -0.2) is 13.7 Å². The van der Waals surface area contributed by atoms with Crippen molar-refractivity contribution in [2.75, 3.05) is 19.0 Å². The highest BCUT2D eigenvalue weighted by Gasteiger charge is 2.10. The first-order valence-corrected chi connectivity index (χ1v) is 6.64. The lowest BCUT2D eigenvalue weighted by molar-refractivity contribution is 0.415. The summed E-state index contributed by atoms with van der Waals surface area (Å²) in [5.41, 5.74) is 1.87. The molecule has 0 spiro atoms. The minimum absolute atomic E-state index is 0.197. The SMILES string of the molecule is COc1ccc(NCC(C#N)c2ccccc2)cc1Cl. The Morgan fingerprint density at radius 2 is 2.00 bits per heavy atom. The van der Waals surface area contributed by atoms with E-state index in [1.807, 2.05) is 36.4 Å². The van der Waals surface area contributed by atoms with Gasteiger partial charge in [-0.3, -0.25) is 0 Å². The third-order valence-electron chi connectivity index (χ3n) is 3.02. The van der Waals surface area contributed by atoms with Crippen molar-refractivity contribution in [3.8, 4) is 11.8 Å². The van der Waals surface area contributed by atoms with Gasteiger partial charge in [0.15, 0.2) is 0 Å². The summed E-state index contributed by atoms with van der Waals surface area (Å²) in [6.07, 6.45) is 0. The first-order valence-electron chi connectivity index (χ1n) is 6.26. The molecule has 0 bridgehead atoms. The van der Waals surface area contributed by atoms with E-state index in [1.165, 1.54) is 0 Å². The summed E-state index contributed by atoms with van der Waals surface area (Å²) in [6.45, 7) is 0.531.